The maximum absolute atomic E-state index is 6.22. The number of benzene rings is 1. The topological polar surface area (TPSA) is 51.2 Å². The van der Waals surface area contributed by atoms with Crippen LogP contribution in [-0.4, -0.2) is 0 Å². The summed E-state index contributed by atoms with van der Waals surface area (Å²) in [6, 6.07) is 5.37. The maximum atomic E-state index is 6.22. The fraction of sp³-hybridized carbons (Fsp3) is 0.333. The molecule has 0 aliphatic heterocycles. The minimum absolute atomic E-state index is 0.0663. The van der Waals surface area contributed by atoms with Crippen molar-refractivity contribution >= 4 is 23.2 Å². The number of furan rings is 1. The average Bonchev–Trinajstić information content (AvgIpc) is 2.65. The number of nitrogens with two attached hydrogens (primary N) is 1. The summed E-state index contributed by atoms with van der Waals surface area (Å²) in [7, 11) is 0. The summed E-state index contributed by atoms with van der Waals surface area (Å²) in [5, 5.41) is 1.35. The van der Waals surface area contributed by atoms with E-state index in [4.69, 9.17) is 33.5 Å². The molecule has 3 nitrogen and oxygen atoms in total. The zero-order chi connectivity index (χ0) is 14.9. The van der Waals surface area contributed by atoms with Gasteiger partial charge in [-0.3, -0.25) is 11.3 Å². The van der Waals surface area contributed by atoms with E-state index < -0.39 is 0 Å². The van der Waals surface area contributed by atoms with Gasteiger partial charge in [0.05, 0.1) is 6.04 Å². The van der Waals surface area contributed by atoms with Gasteiger partial charge in [-0.15, -0.1) is 0 Å². The molecule has 5 heteroatoms. The van der Waals surface area contributed by atoms with E-state index in [0.29, 0.717) is 16.5 Å². The number of aryl methyl sites for hydroxylation is 2. The van der Waals surface area contributed by atoms with Crippen LogP contribution in [0.4, 0.5) is 0 Å². The maximum Gasteiger partial charge on any atom is 0.106 e. The van der Waals surface area contributed by atoms with Gasteiger partial charge in [0, 0.05) is 15.6 Å². The molecule has 1 heterocycles. The lowest BCUT2D eigenvalue weighted by atomic mass is 9.96. The summed E-state index contributed by atoms with van der Waals surface area (Å²) in [6.07, 6.45) is 0.649. The van der Waals surface area contributed by atoms with Crippen LogP contribution in [0.5, 0.6) is 0 Å². The summed E-state index contributed by atoms with van der Waals surface area (Å²) in [5.41, 5.74) is 6.00. The third-order valence-corrected chi connectivity index (χ3v) is 4.20. The van der Waals surface area contributed by atoms with E-state index in [1.807, 2.05) is 26.8 Å². The van der Waals surface area contributed by atoms with Gasteiger partial charge in [-0.1, -0.05) is 23.2 Å². The van der Waals surface area contributed by atoms with Crippen LogP contribution < -0.4 is 11.3 Å². The molecule has 1 unspecified atom stereocenters. The van der Waals surface area contributed by atoms with Crippen molar-refractivity contribution in [3.8, 4) is 0 Å². The SMILES string of the molecule is Cc1oc(C)c(C(Cc2cc(Cl)ccc2Cl)NN)c1C. The van der Waals surface area contributed by atoms with Gasteiger partial charge >= 0.3 is 0 Å². The molecule has 0 bridgehead atoms. The smallest absolute Gasteiger partial charge is 0.106 e. The Morgan fingerprint density at radius 2 is 1.90 bits per heavy atom. The van der Waals surface area contributed by atoms with E-state index in [9.17, 15) is 0 Å². The predicted octanol–water partition coefficient (Wildman–Crippen LogP) is 4.26. The van der Waals surface area contributed by atoms with Gasteiger partial charge < -0.3 is 4.42 Å². The van der Waals surface area contributed by atoms with Crippen LogP contribution in [0.2, 0.25) is 10.0 Å². The Morgan fingerprint density at radius 1 is 1.20 bits per heavy atom. The van der Waals surface area contributed by atoms with Crippen molar-refractivity contribution in [2.24, 2.45) is 5.84 Å². The van der Waals surface area contributed by atoms with Crippen molar-refractivity contribution in [1.82, 2.24) is 5.43 Å². The minimum Gasteiger partial charge on any atom is -0.466 e. The monoisotopic (exact) mass is 312 g/mol. The minimum atomic E-state index is -0.0663. The van der Waals surface area contributed by atoms with E-state index in [1.54, 1.807) is 12.1 Å². The zero-order valence-electron chi connectivity index (χ0n) is 11.8. The lowest BCUT2D eigenvalue weighted by molar-refractivity contribution is 0.484. The Morgan fingerprint density at radius 3 is 2.45 bits per heavy atom. The Hall–Kier alpha value is -1.00. The Labute approximate surface area is 129 Å². The lowest BCUT2D eigenvalue weighted by Gasteiger charge is -2.17. The van der Waals surface area contributed by atoms with Gasteiger partial charge in [-0.25, -0.2) is 0 Å². The summed E-state index contributed by atoms with van der Waals surface area (Å²) in [4.78, 5) is 0. The van der Waals surface area contributed by atoms with Crippen molar-refractivity contribution < 1.29 is 4.42 Å². The largest absolute Gasteiger partial charge is 0.466 e. The molecule has 0 amide bonds. The van der Waals surface area contributed by atoms with Crippen LogP contribution in [0.15, 0.2) is 22.6 Å². The zero-order valence-corrected chi connectivity index (χ0v) is 13.3. The predicted molar refractivity (Wildman–Crippen MR) is 83.1 cm³/mol. The van der Waals surface area contributed by atoms with Gasteiger partial charge in [-0.05, 0) is 56.5 Å². The molecule has 1 aromatic heterocycles. The van der Waals surface area contributed by atoms with Crippen LogP contribution in [0.25, 0.3) is 0 Å². The van der Waals surface area contributed by atoms with Gasteiger partial charge in [-0.2, -0.15) is 0 Å². The molecule has 20 heavy (non-hydrogen) atoms. The summed E-state index contributed by atoms with van der Waals surface area (Å²) in [5.74, 6) is 7.51. The van der Waals surface area contributed by atoms with Crippen molar-refractivity contribution in [3.05, 3.63) is 56.5 Å². The van der Waals surface area contributed by atoms with Crippen LogP contribution in [0.3, 0.4) is 0 Å². The molecule has 108 valence electrons. The molecule has 0 aliphatic rings. The van der Waals surface area contributed by atoms with Crippen LogP contribution in [-0.2, 0) is 6.42 Å². The first-order valence-electron chi connectivity index (χ1n) is 6.40. The number of rotatable bonds is 4. The fourth-order valence-corrected chi connectivity index (χ4v) is 2.87. The summed E-state index contributed by atoms with van der Waals surface area (Å²) < 4.78 is 5.67. The average molecular weight is 313 g/mol. The first-order valence-corrected chi connectivity index (χ1v) is 7.16. The number of hydrazine groups is 1. The van der Waals surface area contributed by atoms with Crippen molar-refractivity contribution in [2.75, 3.05) is 0 Å². The molecule has 0 radical (unpaired) electrons. The molecule has 1 atom stereocenters. The molecule has 0 fully saturated rings. The highest BCUT2D eigenvalue weighted by molar-refractivity contribution is 6.33. The molecular weight excluding hydrogens is 295 g/mol. The Balaban J connectivity index is 2.36. The highest BCUT2D eigenvalue weighted by Gasteiger charge is 2.21. The van der Waals surface area contributed by atoms with Crippen LogP contribution in [0, 0.1) is 20.8 Å². The number of nitrogens with one attached hydrogen (secondary N) is 1. The van der Waals surface area contributed by atoms with Crippen molar-refractivity contribution in [2.45, 2.75) is 33.2 Å². The van der Waals surface area contributed by atoms with Gasteiger partial charge in [0.1, 0.15) is 11.5 Å². The van der Waals surface area contributed by atoms with Crippen molar-refractivity contribution in [3.63, 3.8) is 0 Å². The van der Waals surface area contributed by atoms with Crippen LogP contribution in [0.1, 0.15) is 34.3 Å². The Kier molecular flexibility index (Phi) is 4.76. The summed E-state index contributed by atoms with van der Waals surface area (Å²) >= 11 is 12.2. The summed E-state index contributed by atoms with van der Waals surface area (Å²) in [6.45, 7) is 5.93. The molecule has 0 aliphatic carbocycles. The first-order chi connectivity index (χ1) is 9.43. The standard InChI is InChI=1S/C15H18Cl2N2O/c1-8-9(2)20-10(3)15(8)14(19-18)7-11-6-12(16)4-5-13(11)17/h4-6,14,19H,7,18H2,1-3H3. The van der Waals surface area contributed by atoms with E-state index in [-0.39, 0.29) is 6.04 Å². The van der Waals surface area contributed by atoms with E-state index in [0.717, 1.165) is 28.2 Å². The van der Waals surface area contributed by atoms with E-state index in [1.165, 1.54) is 0 Å². The quantitative estimate of drug-likeness (QED) is 0.655. The van der Waals surface area contributed by atoms with Gasteiger partial charge in [0.2, 0.25) is 0 Å². The van der Waals surface area contributed by atoms with Crippen LogP contribution >= 0.6 is 23.2 Å². The molecule has 2 aromatic rings. The van der Waals surface area contributed by atoms with Gasteiger partial charge in [0.25, 0.3) is 0 Å². The highest BCUT2D eigenvalue weighted by Crippen LogP contribution is 2.31. The van der Waals surface area contributed by atoms with E-state index >= 15 is 0 Å². The Bertz CT molecular complexity index is 623. The van der Waals surface area contributed by atoms with E-state index in [2.05, 4.69) is 5.43 Å². The fourth-order valence-electron chi connectivity index (χ4n) is 2.49. The molecule has 0 saturated heterocycles. The third-order valence-electron chi connectivity index (χ3n) is 3.60. The molecule has 2 rings (SSSR count). The molecule has 0 saturated carbocycles. The molecule has 3 N–H and O–H groups in total. The van der Waals surface area contributed by atoms with Gasteiger partial charge in [0.15, 0.2) is 0 Å². The lowest BCUT2D eigenvalue weighted by Crippen LogP contribution is -2.30. The number of halogens is 2. The third kappa shape index (κ3) is 3.01. The second-order valence-corrected chi connectivity index (χ2v) is 5.76. The molecule has 0 spiro atoms. The number of hydrogen-bond acceptors (Lipinski definition) is 3. The first kappa shape index (κ1) is 15.4. The van der Waals surface area contributed by atoms with Crippen molar-refractivity contribution in [1.29, 1.82) is 0 Å². The second kappa shape index (κ2) is 6.19. The second-order valence-electron chi connectivity index (χ2n) is 4.91. The number of hydrogen-bond donors (Lipinski definition) is 2. The normalized spacial score (nSPS) is 12.7. The molecular formula is C15H18Cl2N2O. The molecule has 1 aromatic carbocycles. The highest BCUT2D eigenvalue weighted by atomic mass is 35.5.